The Morgan fingerprint density at radius 2 is 1.68 bits per heavy atom. The SMILES string of the molecule is CCc1occc1C(NC)c1ccc(C(C)C)cc1. The van der Waals surface area contributed by atoms with Gasteiger partial charge >= 0.3 is 0 Å². The molecule has 2 rings (SSSR count). The summed E-state index contributed by atoms with van der Waals surface area (Å²) in [6.07, 6.45) is 2.70. The Hall–Kier alpha value is -1.54. The molecule has 0 fully saturated rings. The molecule has 0 aliphatic rings. The van der Waals surface area contributed by atoms with Crippen molar-refractivity contribution in [2.75, 3.05) is 7.05 Å². The van der Waals surface area contributed by atoms with E-state index in [1.807, 2.05) is 7.05 Å². The molecule has 0 saturated heterocycles. The first-order valence-corrected chi connectivity index (χ1v) is 7.00. The molecule has 2 aromatic rings. The zero-order valence-electron chi connectivity index (χ0n) is 12.2. The summed E-state index contributed by atoms with van der Waals surface area (Å²) in [4.78, 5) is 0. The summed E-state index contributed by atoms with van der Waals surface area (Å²) in [7, 11) is 1.99. The van der Waals surface area contributed by atoms with Crippen molar-refractivity contribution in [3.63, 3.8) is 0 Å². The fourth-order valence-corrected chi connectivity index (χ4v) is 2.47. The molecular formula is C17H23NO. The van der Waals surface area contributed by atoms with Crippen LogP contribution in [-0.4, -0.2) is 7.05 Å². The maximum Gasteiger partial charge on any atom is 0.108 e. The molecule has 0 radical (unpaired) electrons. The van der Waals surface area contributed by atoms with Crippen LogP contribution in [0.2, 0.25) is 0 Å². The number of furan rings is 1. The van der Waals surface area contributed by atoms with Crippen molar-refractivity contribution >= 4 is 0 Å². The molecule has 1 heterocycles. The second-order valence-electron chi connectivity index (χ2n) is 5.20. The summed E-state index contributed by atoms with van der Waals surface area (Å²) >= 11 is 0. The van der Waals surface area contributed by atoms with Crippen LogP contribution in [0.4, 0.5) is 0 Å². The van der Waals surface area contributed by atoms with E-state index >= 15 is 0 Å². The Morgan fingerprint density at radius 3 is 2.21 bits per heavy atom. The summed E-state index contributed by atoms with van der Waals surface area (Å²) < 4.78 is 5.54. The number of aryl methyl sites for hydroxylation is 1. The normalized spacial score (nSPS) is 12.9. The average Bonchev–Trinajstić information content (AvgIpc) is 2.88. The minimum absolute atomic E-state index is 0.204. The molecule has 0 bridgehead atoms. The Morgan fingerprint density at radius 1 is 1.05 bits per heavy atom. The molecule has 0 aliphatic heterocycles. The predicted octanol–water partition coefficient (Wildman–Crippen LogP) is 4.27. The van der Waals surface area contributed by atoms with E-state index in [0.29, 0.717) is 5.92 Å². The molecule has 2 nitrogen and oxygen atoms in total. The highest BCUT2D eigenvalue weighted by molar-refractivity contribution is 5.35. The molecule has 1 unspecified atom stereocenters. The molecule has 0 saturated carbocycles. The Balaban J connectivity index is 2.32. The van der Waals surface area contributed by atoms with Crippen molar-refractivity contribution < 1.29 is 4.42 Å². The second kappa shape index (κ2) is 6.07. The lowest BCUT2D eigenvalue weighted by atomic mass is 9.95. The topological polar surface area (TPSA) is 25.2 Å². The van der Waals surface area contributed by atoms with E-state index in [1.54, 1.807) is 6.26 Å². The van der Waals surface area contributed by atoms with E-state index in [4.69, 9.17) is 4.42 Å². The van der Waals surface area contributed by atoms with E-state index in [0.717, 1.165) is 12.2 Å². The van der Waals surface area contributed by atoms with Gasteiger partial charge in [-0.2, -0.15) is 0 Å². The highest BCUT2D eigenvalue weighted by Gasteiger charge is 2.17. The summed E-state index contributed by atoms with van der Waals surface area (Å²) in [5.41, 5.74) is 3.90. The van der Waals surface area contributed by atoms with Crippen LogP contribution in [0.3, 0.4) is 0 Å². The minimum atomic E-state index is 0.204. The van der Waals surface area contributed by atoms with Gasteiger partial charge in [-0.3, -0.25) is 0 Å². The third-order valence-corrected chi connectivity index (χ3v) is 3.64. The molecule has 0 aliphatic carbocycles. The van der Waals surface area contributed by atoms with E-state index in [1.165, 1.54) is 16.7 Å². The first-order chi connectivity index (χ1) is 9.17. The Kier molecular flexibility index (Phi) is 4.43. The summed E-state index contributed by atoms with van der Waals surface area (Å²) in [6.45, 7) is 6.56. The number of benzene rings is 1. The zero-order chi connectivity index (χ0) is 13.8. The fourth-order valence-electron chi connectivity index (χ4n) is 2.47. The van der Waals surface area contributed by atoms with Gasteiger partial charge in [-0.25, -0.2) is 0 Å². The number of hydrogen-bond acceptors (Lipinski definition) is 2. The fraction of sp³-hybridized carbons (Fsp3) is 0.412. The largest absolute Gasteiger partial charge is 0.469 e. The van der Waals surface area contributed by atoms with Crippen LogP contribution in [0.5, 0.6) is 0 Å². The third kappa shape index (κ3) is 2.90. The van der Waals surface area contributed by atoms with Gasteiger partial charge in [0.25, 0.3) is 0 Å². The van der Waals surface area contributed by atoms with Crippen molar-refractivity contribution in [1.82, 2.24) is 5.32 Å². The Bertz CT molecular complexity index is 510. The minimum Gasteiger partial charge on any atom is -0.469 e. The maximum absolute atomic E-state index is 5.54. The molecule has 1 aromatic heterocycles. The molecule has 19 heavy (non-hydrogen) atoms. The monoisotopic (exact) mass is 257 g/mol. The van der Waals surface area contributed by atoms with E-state index in [9.17, 15) is 0 Å². The number of hydrogen-bond donors (Lipinski definition) is 1. The molecule has 1 aromatic carbocycles. The van der Waals surface area contributed by atoms with Crippen LogP contribution in [0.25, 0.3) is 0 Å². The summed E-state index contributed by atoms with van der Waals surface area (Å²) in [5.74, 6) is 1.63. The van der Waals surface area contributed by atoms with Gasteiger partial charge in [-0.15, -0.1) is 0 Å². The first kappa shape index (κ1) is 13.9. The molecule has 1 atom stereocenters. The van der Waals surface area contributed by atoms with Gasteiger partial charge in [-0.05, 0) is 30.2 Å². The van der Waals surface area contributed by atoms with Gasteiger partial charge in [0.1, 0.15) is 5.76 Å². The van der Waals surface area contributed by atoms with Crippen molar-refractivity contribution in [2.45, 2.75) is 39.2 Å². The number of rotatable bonds is 5. The Labute approximate surface area is 115 Å². The van der Waals surface area contributed by atoms with Crippen molar-refractivity contribution in [3.8, 4) is 0 Å². The lowest BCUT2D eigenvalue weighted by molar-refractivity contribution is 0.505. The molecule has 2 heteroatoms. The molecular weight excluding hydrogens is 234 g/mol. The van der Waals surface area contributed by atoms with E-state index in [2.05, 4.69) is 56.4 Å². The van der Waals surface area contributed by atoms with Gasteiger partial charge in [0.15, 0.2) is 0 Å². The van der Waals surface area contributed by atoms with Crippen LogP contribution < -0.4 is 5.32 Å². The quantitative estimate of drug-likeness (QED) is 0.865. The van der Waals surface area contributed by atoms with Gasteiger partial charge in [0.2, 0.25) is 0 Å². The summed E-state index contributed by atoms with van der Waals surface area (Å²) in [5, 5.41) is 3.38. The van der Waals surface area contributed by atoms with Gasteiger partial charge < -0.3 is 9.73 Å². The van der Waals surface area contributed by atoms with Gasteiger partial charge in [0, 0.05) is 12.0 Å². The summed E-state index contributed by atoms with van der Waals surface area (Å²) in [6, 6.07) is 11.1. The molecule has 0 amide bonds. The lowest BCUT2D eigenvalue weighted by Crippen LogP contribution is -2.18. The third-order valence-electron chi connectivity index (χ3n) is 3.64. The standard InChI is InChI=1S/C17H23NO/c1-5-16-15(10-11-19-16)17(18-4)14-8-6-13(7-9-14)12(2)3/h6-12,17-18H,5H2,1-4H3. The second-order valence-corrected chi connectivity index (χ2v) is 5.20. The van der Waals surface area contributed by atoms with Crippen molar-refractivity contribution in [3.05, 3.63) is 59.0 Å². The van der Waals surface area contributed by atoms with Crippen LogP contribution >= 0.6 is 0 Å². The van der Waals surface area contributed by atoms with Crippen LogP contribution in [-0.2, 0) is 6.42 Å². The van der Waals surface area contributed by atoms with Gasteiger partial charge in [-0.1, -0.05) is 45.0 Å². The average molecular weight is 257 g/mol. The van der Waals surface area contributed by atoms with Crippen LogP contribution in [0, 0.1) is 0 Å². The van der Waals surface area contributed by atoms with Crippen LogP contribution in [0.15, 0.2) is 41.0 Å². The highest BCUT2D eigenvalue weighted by atomic mass is 16.3. The van der Waals surface area contributed by atoms with E-state index in [-0.39, 0.29) is 6.04 Å². The molecule has 0 spiro atoms. The highest BCUT2D eigenvalue weighted by Crippen LogP contribution is 2.27. The van der Waals surface area contributed by atoms with Gasteiger partial charge in [0.05, 0.1) is 12.3 Å². The maximum atomic E-state index is 5.54. The smallest absolute Gasteiger partial charge is 0.108 e. The number of nitrogens with one attached hydrogen (secondary N) is 1. The zero-order valence-corrected chi connectivity index (χ0v) is 12.2. The molecule has 1 N–H and O–H groups in total. The van der Waals surface area contributed by atoms with Crippen LogP contribution in [0.1, 0.15) is 55.2 Å². The van der Waals surface area contributed by atoms with Crippen molar-refractivity contribution in [1.29, 1.82) is 0 Å². The lowest BCUT2D eigenvalue weighted by Gasteiger charge is -2.17. The first-order valence-electron chi connectivity index (χ1n) is 7.00. The van der Waals surface area contributed by atoms with Crippen molar-refractivity contribution in [2.24, 2.45) is 0 Å². The van der Waals surface area contributed by atoms with E-state index < -0.39 is 0 Å². The molecule has 102 valence electrons. The predicted molar refractivity (Wildman–Crippen MR) is 79.5 cm³/mol.